The molecule has 0 saturated carbocycles. The number of para-hydroxylation sites is 1. The van der Waals surface area contributed by atoms with E-state index in [4.69, 9.17) is 0 Å². The molecule has 3 aliphatic rings. The Morgan fingerprint density at radius 2 is 1.68 bits per heavy atom. The quantitative estimate of drug-likeness (QED) is 0.230. The molecule has 196 valence electrons. The molecule has 2 unspecified atom stereocenters. The topological polar surface area (TPSA) is 28.7 Å². The highest BCUT2D eigenvalue weighted by molar-refractivity contribution is 6.10. The van der Waals surface area contributed by atoms with Crippen LogP contribution in [0.2, 0.25) is 0 Å². The standard InChI is InChI=1S/C39H30N2/c1-26-15-18-28(19-16-26)39(35-13-7-5-11-31(35)33-23-27(25-40)17-21-36(33)39)29-20-22-38-34(24-29)32-12-6-8-14-37(32)41(38)30-9-3-2-4-10-30/h2-3,5-9,11-18,20-24,28H,4,10,19H2,1H3. The average molecular weight is 527 g/mol. The Hall–Kier alpha value is -4.87. The van der Waals surface area contributed by atoms with Crippen molar-refractivity contribution in [2.45, 2.75) is 31.6 Å². The summed E-state index contributed by atoms with van der Waals surface area (Å²) >= 11 is 0. The average Bonchev–Trinajstić information content (AvgIpc) is 3.52. The number of nitrogens with zero attached hydrogens (tertiary/aromatic N) is 2. The molecule has 8 rings (SSSR count). The van der Waals surface area contributed by atoms with Crippen molar-refractivity contribution >= 4 is 27.5 Å². The number of aromatic nitrogens is 1. The van der Waals surface area contributed by atoms with E-state index in [1.807, 2.05) is 6.07 Å². The summed E-state index contributed by atoms with van der Waals surface area (Å²) in [5.74, 6) is 0.249. The number of hydrogen-bond donors (Lipinski definition) is 0. The summed E-state index contributed by atoms with van der Waals surface area (Å²) in [5, 5.41) is 12.4. The van der Waals surface area contributed by atoms with E-state index in [1.165, 1.54) is 60.9 Å². The molecule has 4 aromatic carbocycles. The molecular weight excluding hydrogens is 496 g/mol. The maximum absolute atomic E-state index is 9.79. The van der Waals surface area contributed by atoms with Crippen LogP contribution in [0.15, 0.2) is 127 Å². The molecule has 0 bridgehead atoms. The highest BCUT2D eigenvalue weighted by Crippen LogP contribution is 2.58. The van der Waals surface area contributed by atoms with E-state index in [0.29, 0.717) is 5.56 Å². The van der Waals surface area contributed by atoms with Crippen LogP contribution in [0.4, 0.5) is 0 Å². The zero-order valence-electron chi connectivity index (χ0n) is 23.1. The van der Waals surface area contributed by atoms with Gasteiger partial charge in [0.1, 0.15) is 0 Å². The molecule has 0 fully saturated rings. The second kappa shape index (κ2) is 9.08. The number of allylic oxidation sites excluding steroid dienone is 8. The summed E-state index contributed by atoms with van der Waals surface area (Å²) in [4.78, 5) is 0. The highest BCUT2D eigenvalue weighted by atomic mass is 15.0. The second-order valence-corrected chi connectivity index (χ2v) is 11.6. The van der Waals surface area contributed by atoms with Gasteiger partial charge in [-0.15, -0.1) is 0 Å². The van der Waals surface area contributed by atoms with Gasteiger partial charge in [0.05, 0.1) is 28.1 Å². The van der Waals surface area contributed by atoms with Crippen LogP contribution in [-0.2, 0) is 5.41 Å². The van der Waals surface area contributed by atoms with Gasteiger partial charge in [0.15, 0.2) is 0 Å². The van der Waals surface area contributed by atoms with Gasteiger partial charge < -0.3 is 4.57 Å². The van der Waals surface area contributed by atoms with E-state index in [0.717, 1.165) is 19.3 Å². The van der Waals surface area contributed by atoms with Crippen molar-refractivity contribution in [2.24, 2.45) is 5.92 Å². The molecule has 0 radical (unpaired) electrons. The van der Waals surface area contributed by atoms with Crippen LogP contribution in [0.25, 0.3) is 38.6 Å². The van der Waals surface area contributed by atoms with E-state index in [1.54, 1.807) is 0 Å². The number of benzene rings is 4. The maximum Gasteiger partial charge on any atom is 0.0991 e. The first-order valence-corrected chi connectivity index (χ1v) is 14.6. The Morgan fingerprint density at radius 3 is 2.51 bits per heavy atom. The van der Waals surface area contributed by atoms with Crippen molar-refractivity contribution in [3.8, 4) is 17.2 Å². The predicted molar refractivity (Wildman–Crippen MR) is 170 cm³/mol. The van der Waals surface area contributed by atoms with Crippen molar-refractivity contribution in [1.82, 2.24) is 4.57 Å². The molecule has 5 aromatic rings. The van der Waals surface area contributed by atoms with Crippen LogP contribution in [0.3, 0.4) is 0 Å². The van der Waals surface area contributed by atoms with Gasteiger partial charge in [-0.2, -0.15) is 5.26 Å². The van der Waals surface area contributed by atoms with Crippen molar-refractivity contribution in [2.75, 3.05) is 0 Å². The fourth-order valence-corrected chi connectivity index (χ4v) is 7.66. The van der Waals surface area contributed by atoms with Gasteiger partial charge in [0.2, 0.25) is 0 Å². The summed E-state index contributed by atoms with van der Waals surface area (Å²) in [6.45, 7) is 2.19. The first-order chi connectivity index (χ1) is 20.2. The predicted octanol–water partition coefficient (Wildman–Crippen LogP) is 9.69. The zero-order chi connectivity index (χ0) is 27.6. The van der Waals surface area contributed by atoms with E-state index < -0.39 is 0 Å². The number of nitriles is 1. The maximum atomic E-state index is 9.79. The monoisotopic (exact) mass is 526 g/mol. The normalized spacial score (nSPS) is 20.9. The zero-order valence-corrected chi connectivity index (χ0v) is 23.1. The van der Waals surface area contributed by atoms with E-state index in [2.05, 4.69) is 133 Å². The summed E-state index contributed by atoms with van der Waals surface area (Å²) in [6, 6.07) is 33.6. The highest BCUT2D eigenvalue weighted by Gasteiger charge is 2.49. The lowest BCUT2D eigenvalue weighted by molar-refractivity contribution is 0.456. The lowest BCUT2D eigenvalue weighted by Crippen LogP contribution is -2.35. The molecular formula is C39H30N2. The van der Waals surface area contributed by atoms with Crippen LogP contribution in [0.5, 0.6) is 0 Å². The van der Waals surface area contributed by atoms with Gasteiger partial charge in [-0.3, -0.25) is 0 Å². The smallest absolute Gasteiger partial charge is 0.0991 e. The van der Waals surface area contributed by atoms with Gasteiger partial charge in [-0.25, -0.2) is 0 Å². The third-order valence-electron chi connectivity index (χ3n) is 9.46. The fraction of sp³-hybridized carbons (Fsp3) is 0.154. The van der Waals surface area contributed by atoms with Gasteiger partial charge in [0.25, 0.3) is 0 Å². The summed E-state index contributed by atoms with van der Waals surface area (Å²) < 4.78 is 2.47. The molecule has 3 aliphatic carbocycles. The minimum atomic E-state index is -0.363. The number of hydrogen-bond acceptors (Lipinski definition) is 1. The van der Waals surface area contributed by atoms with E-state index >= 15 is 0 Å². The Labute approximate surface area is 240 Å². The van der Waals surface area contributed by atoms with Crippen molar-refractivity contribution < 1.29 is 0 Å². The van der Waals surface area contributed by atoms with E-state index in [-0.39, 0.29) is 11.3 Å². The van der Waals surface area contributed by atoms with Gasteiger partial charge in [0, 0.05) is 16.5 Å². The second-order valence-electron chi connectivity index (χ2n) is 11.6. The SMILES string of the molecule is CC1=CCC(C2(c3ccc4c(c3)c3ccccc3n4C3=CC=CCC3)c3ccccc3-c3cc(C#N)ccc32)C=C1. The summed E-state index contributed by atoms with van der Waals surface area (Å²) in [5.41, 5.74) is 11.9. The largest absolute Gasteiger partial charge is 0.313 e. The molecule has 2 nitrogen and oxygen atoms in total. The first-order valence-electron chi connectivity index (χ1n) is 14.6. The third-order valence-corrected chi connectivity index (χ3v) is 9.46. The molecule has 0 N–H and O–H groups in total. The Kier molecular flexibility index (Phi) is 5.31. The van der Waals surface area contributed by atoms with Gasteiger partial charge in [-0.05, 0) is 96.3 Å². The molecule has 41 heavy (non-hydrogen) atoms. The van der Waals surface area contributed by atoms with Crippen molar-refractivity contribution in [3.63, 3.8) is 0 Å². The Morgan fingerprint density at radius 1 is 0.854 bits per heavy atom. The lowest BCUT2D eigenvalue weighted by atomic mass is 9.62. The lowest BCUT2D eigenvalue weighted by Gasteiger charge is -2.40. The summed E-state index contributed by atoms with van der Waals surface area (Å²) in [6.07, 6.45) is 16.9. The van der Waals surface area contributed by atoms with Crippen LogP contribution in [0.1, 0.15) is 48.4 Å². The molecule has 2 atom stereocenters. The summed E-state index contributed by atoms with van der Waals surface area (Å²) in [7, 11) is 0. The minimum absolute atomic E-state index is 0.249. The molecule has 0 spiro atoms. The number of rotatable bonds is 3. The molecule has 0 amide bonds. The molecule has 2 heteroatoms. The van der Waals surface area contributed by atoms with Gasteiger partial charge >= 0.3 is 0 Å². The van der Waals surface area contributed by atoms with Gasteiger partial charge in [-0.1, -0.05) is 90.6 Å². The van der Waals surface area contributed by atoms with Crippen molar-refractivity contribution in [1.29, 1.82) is 5.26 Å². The van der Waals surface area contributed by atoms with Crippen LogP contribution < -0.4 is 0 Å². The van der Waals surface area contributed by atoms with Crippen LogP contribution >= 0.6 is 0 Å². The van der Waals surface area contributed by atoms with Crippen LogP contribution in [-0.4, -0.2) is 4.57 Å². The number of fused-ring (bicyclic) bond motifs is 6. The Bertz CT molecular complexity index is 2060. The van der Waals surface area contributed by atoms with E-state index in [9.17, 15) is 5.26 Å². The first kappa shape index (κ1) is 24.0. The molecule has 1 heterocycles. The fourth-order valence-electron chi connectivity index (χ4n) is 7.66. The minimum Gasteiger partial charge on any atom is -0.313 e. The molecule has 0 aliphatic heterocycles. The Balaban J connectivity index is 1.46. The third kappa shape index (κ3) is 3.36. The van der Waals surface area contributed by atoms with Crippen molar-refractivity contribution in [3.05, 3.63) is 149 Å². The van der Waals surface area contributed by atoms with Crippen LogP contribution in [0, 0.1) is 17.2 Å². The molecule has 1 aromatic heterocycles. The molecule has 0 saturated heterocycles.